The fourth-order valence-corrected chi connectivity index (χ4v) is 9.18. The number of ether oxygens (including phenoxy) is 3. The summed E-state index contributed by atoms with van der Waals surface area (Å²) in [6.07, 6.45) is 6.07. The Morgan fingerprint density at radius 2 is 1.82 bits per heavy atom. The minimum absolute atomic E-state index is 0.0116. The van der Waals surface area contributed by atoms with Gasteiger partial charge in [0.05, 0.1) is 29.9 Å². The molecule has 1 aromatic heterocycles. The van der Waals surface area contributed by atoms with Gasteiger partial charge >= 0.3 is 6.09 Å². The number of hydrogen-bond acceptors (Lipinski definition) is 12. The highest BCUT2D eigenvalue weighted by molar-refractivity contribution is 7.91. The predicted molar refractivity (Wildman–Crippen MR) is 213 cm³/mol. The maximum absolute atomic E-state index is 15.0. The number of amides is 4. The first kappa shape index (κ1) is 41.9. The molecule has 17 heteroatoms. The number of benzene rings is 1. The number of methoxy groups -OCH3 is 1. The van der Waals surface area contributed by atoms with Crippen LogP contribution in [0.4, 0.5) is 10.6 Å². The van der Waals surface area contributed by atoms with Crippen LogP contribution in [-0.4, -0.2) is 109 Å². The van der Waals surface area contributed by atoms with Crippen LogP contribution in [0.25, 0.3) is 11.0 Å². The highest BCUT2D eigenvalue weighted by Gasteiger charge is 2.62. The van der Waals surface area contributed by atoms with Crippen LogP contribution in [0.5, 0.6) is 11.6 Å². The molecule has 0 radical (unpaired) electrons. The van der Waals surface area contributed by atoms with E-state index in [2.05, 4.69) is 22.3 Å². The lowest BCUT2D eigenvalue weighted by molar-refractivity contribution is -0.142. The van der Waals surface area contributed by atoms with Crippen molar-refractivity contribution < 1.29 is 41.8 Å². The van der Waals surface area contributed by atoms with Gasteiger partial charge in [0, 0.05) is 32.5 Å². The lowest BCUT2D eigenvalue weighted by Crippen LogP contribution is -2.59. The molecule has 0 spiro atoms. The van der Waals surface area contributed by atoms with Crippen LogP contribution in [-0.2, 0) is 29.1 Å². The zero-order valence-corrected chi connectivity index (χ0v) is 35.0. The molecule has 0 unspecified atom stereocenters. The molecule has 3 N–H and O–H groups in total. The summed E-state index contributed by atoms with van der Waals surface area (Å²) in [5.41, 5.74) is -1.24. The fourth-order valence-electron chi connectivity index (χ4n) is 7.81. The number of anilines is 1. The minimum atomic E-state index is -3.91. The number of aromatic nitrogens is 2. The molecule has 1 saturated heterocycles. The van der Waals surface area contributed by atoms with Crippen molar-refractivity contribution in [3.63, 3.8) is 0 Å². The molecule has 7 atom stereocenters. The summed E-state index contributed by atoms with van der Waals surface area (Å²) in [6, 6.07) is 3.08. The lowest BCUT2D eigenvalue weighted by atomic mass is 9.85. The first-order valence-electron chi connectivity index (χ1n) is 19.9. The summed E-state index contributed by atoms with van der Waals surface area (Å²) in [5.74, 6) is -1.32. The topological polar surface area (TPSA) is 198 Å². The summed E-state index contributed by atoms with van der Waals surface area (Å²) >= 11 is 0. The van der Waals surface area contributed by atoms with E-state index < -0.39 is 74.3 Å². The fraction of sp³-hybridized carbons (Fsp3) is 0.650. The molecule has 2 aromatic rings. The minimum Gasteiger partial charge on any atom is -0.497 e. The number of alkyl carbamates (subject to hydrolysis) is 1. The number of nitrogens with one attached hydrogen (secondary N) is 3. The summed E-state index contributed by atoms with van der Waals surface area (Å²) in [6.45, 7) is 9.22. The molecule has 4 amide bonds. The van der Waals surface area contributed by atoms with Crippen molar-refractivity contribution >= 4 is 50.7 Å². The second kappa shape index (κ2) is 16.3. The maximum atomic E-state index is 15.0. The summed E-state index contributed by atoms with van der Waals surface area (Å²) in [4.78, 5) is 69.4. The van der Waals surface area contributed by atoms with E-state index in [1.54, 1.807) is 65.1 Å². The van der Waals surface area contributed by atoms with Gasteiger partial charge in [0.2, 0.25) is 21.8 Å². The number of allylic oxidation sites excluding steroid dienone is 1. The molecule has 3 fully saturated rings. The average Bonchev–Trinajstić information content (AvgIpc) is 4.06. The van der Waals surface area contributed by atoms with Gasteiger partial charge in [0.1, 0.15) is 35.1 Å². The smallest absolute Gasteiger partial charge is 0.408 e. The molecule has 312 valence electrons. The third kappa shape index (κ3) is 9.56. The van der Waals surface area contributed by atoms with Gasteiger partial charge in [-0.2, -0.15) is 0 Å². The Hall–Kier alpha value is -4.67. The Labute approximate surface area is 334 Å². The highest BCUT2D eigenvalue weighted by atomic mass is 32.2. The SMILES string of the molecule is CC[C@@H]1C[C@H](C)CC/C=C\[C@@H]2C[C@@]2(C(=O)NS(=O)(=O)C2CC2)NC(=O)[C@@H]2C[C@@H](Oc3nc4ccc(OC)cc4nc3N(C)C)CN2C(=O)[C@H]1NC(=O)OC(C)(C)C. The number of carbonyl (C=O) groups excluding carboxylic acids is 4. The van der Waals surface area contributed by atoms with Gasteiger partial charge in [-0.05, 0) is 83.3 Å². The molecule has 2 aliphatic heterocycles. The molecule has 0 bridgehead atoms. The van der Waals surface area contributed by atoms with Crippen molar-refractivity contribution in [3.05, 3.63) is 30.4 Å². The predicted octanol–water partition coefficient (Wildman–Crippen LogP) is 3.83. The van der Waals surface area contributed by atoms with E-state index in [1.165, 1.54) is 4.90 Å². The number of sulfonamides is 1. The van der Waals surface area contributed by atoms with Gasteiger partial charge < -0.3 is 34.6 Å². The Morgan fingerprint density at radius 1 is 1.09 bits per heavy atom. The second-order valence-corrected chi connectivity index (χ2v) is 19.1. The van der Waals surface area contributed by atoms with E-state index >= 15 is 0 Å². The third-order valence-electron chi connectivity index (χ3n) is 11.2. The number of carbonyl (C=O) groups is 4. The lowest BCUT2D eigenvalue weighted by Gasteiger charge is -2.34. The van der Waals surface area contributed by atoms with Crippen LogP contribution in [0.1, 0.15) is 86.0 Å². The molecule has 3 heterocycles. The van der Waals surface area contributed by atoms with Gasteiger partial charge in [-0.3, -0.25) is 19.1 Å². The van der Waals surface area contributed by atoms with Crippen LogP contribution in [0.2, 0.25) is 0 Å². The molecule has 2 aliphatic carbocycles. The van der Waals surface area contributed by atoms with Crippen molar-refractivity contribution in [2.75, 3.05) is 32.6 Å². The van der Waals surface area contributed by atoms with Crippen molar-refractivity contribution in [1.29, 1.82) is 0 Å². The zero-order valence-electron chi connectivity index (χ0n) is 34.2. The van der Waals surface area contributed by atoms with Crippen LogP contribution < -0.4 is 29.7 Å². The molecule has 16 nitrogen and oxygen atoms in total. The molecule has 1 aromatic carbocycles. The van der Waals surface area contributed by atoms with E-state index in [0.29, 0.717) is 54.7 Å². The van der Waals surface area contributed by atoms with Crippen LogP contribution in [0.15, 0.2) is 30.4 Å². The van der Waals surface area contributed by atoms with E-state index in [9.17, 15) is 27.6 Å². The number of rotatable bonds is 9. The molecular formula is C40H57N7O9S. The van der Waals surface area contributed by atoms with Gasteiger partial charge in [-0.25, -0.2) is 23.2 Å². The quantitative estimate of drug-likeness (QED) is 0.310. The Bertz CT molecular complexity index is 2010. The molecule has 4 aliphatic rings. The van der Waals surface area contributed by atoms with Gasteiger partial charge in [0.15, 0.2) is 5.82 Å². The first-order valence-corrected chi connectivity index (χ1v) is 21.4. The summed E-state index contributed by atoms with van der Waals surface area (Å²) in [7, 11) is 1.24. The first-order chi connectivity index (χ1) is 26.8. The maximum Gasteiger partial charge on any atom is 0.408 e. The van der Waals surface area contributed by atoms with E-state index in [4.69, 9.17) is 24.2 Å². The van der Waals surface area contributed by atoms with E-state index in [1.807, 2.05) is 19.1 Å². The van der Waals surface area contributed by atoms with Crippen LogP contribution in [0.3, 0.4) is 0 Å². The standard InChI is InChI=1S/C40H57N7O9S/c1-9-24-18-23(2)12-10-11-13-25-21-40(25,37(50)45-57(52,53)28-15-16-28)44-34(48)31-20-27(22-47(31)36(49)32(24)43-38(51)56-39(3,4)5)55-35-33(46(6)7)41-30-19-26(54-8)14-17-29(30)42-35/h11,13-14,17,19,23-25,27-28,31-32H,9-10,12,15-16,18,20-22H2,1-8H3,(H,43,51)(H,44,48)(H,45,50)/b13-11-/t23-,24-,25-,27-,31+,32+,40-/m1/s1. The Morgan fingerprint density at radius 3 is 2.47 bits per heavy atom. The molecule has 6 rings (SSSR count). The molecule has 57 heavy (non-hydrogen) atoms. The number of hydrogen-bond donors (Lipinski definition) is 3. The van der Waals surface area contributed by atoms with E-state index in [-0.39, 0.29) is 37.1 Å². The molecule has 2 saturated carbocycles. The van der Waals surface area contributed by atoms with Crippen LogP contribution in [0, 0.1) is 17.8 Å². The van der Waals surface area contributed by atoms with Crippen LogP contribution >= 0.6 is 0 Å². The van der Waals surface area contributed by atoms with Crippen molar-refractivity contribution in [1.82, 2.24) is 30.2 Å². The monoisotopic (exact) mass is 811 g/mol. The second-order valence-electron chi connectivity index (χ2n) is 17.2. The summed E-state index contributed by atoms with van der Waals surface area (Å²) < 4.78 is 45.6. The van der Waals surface area contributed by atoms with Gasteiger partial charge in [-0.15, -0.1) is 0 Å². The Kier molecular flexibility index (Phi) is 12.0. The van der Waals surface area contributed by atoms with Gasteiger partial charge in [0.25, 0.3) is 11.8 Å². The average molecular weight is 812 g/mol. The number of nitrogens with zero attached hydrogens (tertiary/aromatic N) is 4. The number of fused-ring (bicyclic) bond motifs is 3. The largest absolute Gasteiger partial charge is 0.497 e. The third-order valence-corrected chi connectivity index (χ3v) is 13.0. The van der Waals surface area contributed by atoms with Crippen molar-refractivity contribution in [2.24, 2.45) is 17.8 Å². The van der Waals surface area contributed by atoms with E-state index in [0.717, 1.165) is 6.42 Å². The van der Waals surface area contributed by atoms with Crippen molar-refractivity contribution in [3.8, 4) is 11.6 Å². The van der Waals surface area contributed by atoms with Crippen molar-refractivity contribution in [2.45, 2.75) is 121 Å². The molecular weight excluding hydrogens is 755 g/mol. The highest BCUT2D eigenvalue weighted by Crippen LogP contribution is 2.46. The normalized spacial score (nSPS) is 28.8. The zero-order chi connectivity index (χ0) is 41.4. The Balaban J connectivity index is 1.38. The summed E-state index contributed by atoms with van der Waals surface area (Å²) in [5, 5.41) is 5.12. The van der Waals surface area contributed by atoms with Gasteiger partial charge in [-0.1, -0.05) is 32.4 Å².